The lowest BCUT2D eigenvalue weighted by Gasteiger charge is -2.24. The highest BCUT2D eigenvalue weighted by Gasteiger charge is 2.21. The Balaban J connectivity index is 2.26. The van der Waals surface area contributed by atoms with E-state index in [2.05, 4.69) is 5.32 Å². The lowest BCUT2D eigenvalue weighted by atomic mass is 10.3. The van der Waals surface area contributed by atoms with Crippen LogP contribution in [0.2, 0.25) is 0 Å². The van der Waals surface area contributed by atoms with Gasteiger partial charge in [0.25, 0.3) is 0 Å². The lowest BCUT2D eigenvalue weighted by Crippen LogP contribution is -2.38. The van der Waals surface area contributed by atoms with Crippen molar-refractivity contribution in [3.05, 3.63) is 54.6 Å². The number of sulfonamides is 1. The minimum absolute atomic E-state index is 0.123. The van der Waals surface area contributed by atoms with Gasteiger partial charge in [-0.2, -0.15) is 0 Å². The van der Waals surface area contributed by atoms with Gasteiger partial charge in [-0.05, 0) is 24.3 Å². The van der Waals surface area contributed by atoms with E-state index in [-0.39, 0.29) is 19.0 Å². The molecule has 7 heteroatoms. The average Bonchev–Trinajstić information content (AvgIpc) is 2.59. The molecule has 0 saturated heterocycles. The fraction of sp³-hybridized carbons (Fsp3) is 0.278. The second kappa shape index (κ2) is 8.53. The van der Waals surface area contributed by atoms with E-state index in [4.69, 9.17) is 4.74 Å². The molecule has 0 fully saturated rings. The Bertz CT molecular complexity index is 807. The SMILES string of the molecule is CCC(=O)NCCN(c1ccccc1Oc1ccccc1)S(C)(=O)=O. The van der Waals surface area contributed by atoms with Gasteiger partial charge in [-0.3, -0.25) is 9.10 Å². The molecule has 2 aromatic rings. The Hall–Kier alpha value is -2.54. The number of para-hydroxylation sites is 3. The third-order valence-corrected chi connectivity index (χ3v) is 4.64. The normalized spacial score (nSPS) is 11.0. The zero-order valence-corrected chi connectivity index (χ0v) is 15.1. The molecule has 1 amide bonds. The highest BCUT2D eigenvalue weighted by molar-refractivity contribution is 7.92. The van der Waals surface area contributed by atoms with E-state index >= 15 is 0 Å². The average molecular weight is 362 g/mol. The largest absolute Gasteiger partial charge is 0.455 e. The highest BCUT2D eigenvalue weighted by Crippen LogP contribution is 2.33. The van der Waals surface area contributed by atoms with E-state index in [0.29, 0.717) is 23.6 Å². The van der Waals surface area contributed by atoms with Crippen LogP contribution in [0.15, 0.2) is 54.6 Å². The van der Waals surface area contributed by atoms with E-state index in [1.54, 1.807) is 43.3 Å². The second-order valence-electron chi connectivity index (χ2n) is 5.42. The number of benzene rings is 2. The number of nitrogens with one attached hydrogen (secondary N) is 1. The van der Waals surface area contributed by atoms with E-state index in [9.17, 15) is 13.2 Å². The fourth-order valence-corrected chi connectivity index (χ4v) is 3.18. The Kier molecular flexibility index (Phi) is 6.41. The van der Waals surface area contributed by atoms with Crippen molar-refractivity contribution in [3.63, 3.8) is 0 Å². The van der Waals surface area contributed by atoms with Crippen molar-refractivity contribution >= 4 is 21.6 Å². The number of anilines is 1. The van der Waals surface area contributed by atoms with Crippen LogP contribution in [0.5, 0.6) is 11.5 Å². The number of hydrogen-bond acceptors (Lipinski definition) is 4. The molecule has 1 N–H and O–H groups in total. The Morgan fingerprint density at radius 2 is 1.72 bits per heavy atom. The van der Waals surface area contributed by atoms with E-state index in [0.717, 1.165) is 6.26 Å². The van der Waals surface area contributed by atoms with Crippen molar-refractivity contribution in [2.45, 2.75) is 13.3 Å². The molecule has 0 aliphatic heterocycles. The summed E-state index contributed by atoms with van der Waals surface area (Å²) in [5.41, 5.74) is 0.430. The maximum atomic E-state index is 12.2. The predicted octanol–water partition coefficient (Wildman–Crippen LogP) is 2.77. The van der Waals surface area contributed by atoms with Crippen LogP contribution < -0.4 is 14.4 Å². The van der Waals surface area contributed by atoms with Gasteiger partial charge in [0.2, 0.25) is 15.9 Å². The first-order valence-corrected chi connectivity index (χ1v) is 9.83. The summed E-state index contributed by atoms with van der Waals surface area (Å²) in [6.45, 7) is 2.09. The van der Waals surface area contributed by atoms with E-state index in [1.165, 1.54) is 4.31 Å². The van der Waals surface area contributed by atoms with Gasteiger partial charge in [0.05, 0.1) is 18.5 Å². The van der Waals surface area contributed by atoms with Gasteiger partial charge in [-0.25, -0.2) is 8.42 Å². The van der Waals surface area contributed by atoms with Crippen molar-refractivity contribution in [1.82, 2.24) is 5.32 Å². The number of ether oxygens (including phenoxy) is 1. The van der Waals surface area contributed by atoms with Crippen LogP contribution in [-0.2, 0) is 14.8 Å². The van der Waals surface area contributed by atoms with Gasteiger partial charge < -0.3 is 10.1 Å². The number of nitrogens with zero attached hydrogens (tertiary/aromatic N) is 1. The van der Waals surface area contributed by atoms with Gasteiger partial charge in [-0.1, -0.05) is 37.3 Å². The van der Waals surface area contributed by atoms with Crippen molar-refractivity contribution in [3.8, 4) is 11.5 Å². The lowest BCUT2D eigenvalue weighted by molar-refractivity contribution is -0.120. The highest BCUT2D eigenvalue weighted by atomic mass is 32.2. The molecule has 0 saturated carbocycles. The number of carbonyl (C=O) groups is 1. The number of amides is 1. The molecule has 0 aliphatic carbocycles. The summed E-state index contributed by atoms with van der Waals surface area (Å²) in [5, 5.41) is 2.69. The number of hydrogen-bond donors (Lipinski definition) is 1. The van der Waals surface area contributed by atoms with Gasteiger partial charge in [0.15, 0.2) is 5.75 Å². The molecule has 0 radical (unpaired) electrons. The van der Waals surface area contributed by atoms with Crippen LogP contribution in [0.25, 0.3) is 0 Å². The Morgan fingerprint density at radius 1 is 1.08 bits per heavy atom. The maximum Gasteiger partial charge on any atom is 0.232 e. The molecule has 2 rings (SSSR count). The molecule has 0 aromatic heterocycles. The summed E-state index contributed by atoms with van der Waals surface area (Å²) >= 11 is 0. The van der Waals surface area contributed by atoms with Crippen molar-refractivity contribution in [2.24, 2.45) is 0 Å². The molecule has 0 heterocycles. The summed E-state index contributed by atoms with van der Waals surface area (Å²) in [6.07, 6.45) is 1.49. The van der Waals surface area contributed by atoms with E-state index < -0.39 is 10.0 Å². The first kappa shape index (κ1) is 18.8. The molecular formula is C18H22N2O4S. The van der Waals surface area contributed by atoms with Crippen LogP contribution in [0, 0.1) is 0 Å². The Labute approximate surface area is 148 Å². The number of rotatable bonds is 8. The second-order valence-corrected chi connectivity index (χ2v) is 7.33. The molecule has 0 aliphatic rings. The number of carbonyl (C=O) groups excluding carboxylic acids is 1. The van der Waals surface area contributed by atoms with Gasteiger partial charge in [-0.15, -0.1) is 0 Å². The third-order valence-electron chi connectivity index (χ3n) is 3.46. The summed E-state index contributed by atoms with van der Waals surface area (Å²) in [6, 6.07) is 16.1. The van der Waals surface area contributed by atoms with Crippen LogP contribution in [0.1, 0.15) is 13.3 Å². The van der Waals surface area contributed by atoms with Crippen LogP contribution in [-0.4, -0.2) is 33.7 Å². The van der Waals surface area contributed by atoms with Crippen LogP contribution >= 0.6 is 0 Å². The van der Waals surface area contributed by atoms with Crippen molar-refractivity contribution in [1.29, 1.82) is 0 Å². The summed E-state index contributed by atoms with van der Waals surface area (Å²) in [5.74, 6) is 0.922. The van der Waals surface area contributed by atoms with Gasteiger partial charge >= 0.3 is 0 Å². The van der Waals surface area contributed by atoms with Crippen molar-refractivity contribution in [2.75, 3.05) is 23.7 Å². The smallest absolute Gasteiger partial charge is 0.232 e. The van der Waals surface area contributed by atoms with Gasteiger partial charge in [0, 0.05) is 13.0 Å². The summed E-state index contributed by atoms with van der Waals surface area (Å²) in [7, 11) is -3.54. The summed E-state index contributed by atoms with van der Waals surface area (Å²) < 4.78 is 31.6. The quantitative estimate of drug-likeness (QED) is 0.783. The fourth-order valence-electron chi connectivity index (χ4n) is 2.25. The zero-order valence-electron chi connectivity index (χ0n) is 14.3. The van der Waals surface area contributed by atoms with Gasteiger partial charge in [0.1, 0.15) is 5.75 Å². The third kappa shape index (κ3) is 5.49. The standard InChI is InChI=1S/C18H22N2O4S/c1-3-18(21)19-13-14-20(25(2,22)23)16-11-7-8-12-17(16)24-15-9-5-4-6-10-15/h4-12H,3,13-14H2,1-2H3,(H,19,21). The molecule has 0 unspecified atom stereocenters. The van der Waals surface area contributed by atoms with Crippen LogP contribution in [0.4, 0.5) is 5.69 Å². The van der Waals surface area contributed by atoms with Crippen LogP contribution in [0.3, 0.4) is 0 Å². The molecule has 6 nitrogen and oxygen atoms in total. The predicted molar refractivity (Wildman–Crippen MR) is 98.4 cm³/mol. The summed E-state index contributed by atoms with van der Waals surface area (Å²) in [4.78, 5) is 11.4. The molecule has 2 aromatic carbocycles. The van der Waals surface area contributed by atoms with Crippen molar-refractivity contribution < 1.29 is 17.9 Å². The topological polar surface area (TPSA) is 75.7 Å². The molecule has 0 atom stereocenters. The van der Waals surface area contributed by atoms with E-state index in [1.807, 2.05) is 18.2 Å². The molecule has 0 spiro atoms. The molecule has 0 bridgehead atoms. The monoisotopic (exact) mass is 362 g/mol. The molecular weight excluding hydrogens is 340 g/mol. The minimum Gasteiger partial charge on any atom is -0.455 e. The maximum absolute atomic E-state index is 12.2. The Morgan fingerprint density at radius 3 is 2.36 bits per heavy atom. The first-order chi connectivity index (χ1) is 11.9. The zero-order chi connectivity index (χ0) is 18.3. The molecule has 25 heavy (non-hydrogen) atoms. The first-order valence-electron chi connectivity index (χ1n) is 7.98. The molecule has 134 valence electrons. The minimum atomic E-state index is -3.54.